The average molecular weight is 441 g/mol. The summed E-state index contributed by atoms with van der Waals surface area (Å²) in [6, 6.07) is 3.34. The Bertz CT molecular complexity index is 840. The number of methoxy groups -OCH3 is 1. The highest BCUT2D eigenvalue weighted by atomic mass is 32.2. The van der Waals surface area contributed by atoms with Gasteiger partial charge in [-0.25, -0.2) is 8.42 Å². The molecule has 162 valence electrons. The van der Waals surface area contributed by atoms with E-state index in [9.17, 15) is 21.9 Å². The number of aliphatic hydroxyl groups excluding tert-OH is 1. The molecular formula is C17H28O9S2. The number of aliphatic hydroxyl groups is 1. The van der Waals surface area contributed by atoms with Crippen LogP contribution in [0.2, 0.25) is 0 Å². The van der Waals surface area contributed by atoms with Crippen LogP contribution in [0.5, 0.6) is 11.5 Å². The topological polar surface area (TPSA) is 136 Å². The van der Waals surface area contributed by atoms with Gasteiger partial charge in [-0.1, -0.05) is 6.92 Å². The molecule has 1 aliphatic rings. The third kappa shape index (κ3) is 7.92. The van der Waals surface area contributed by atoms with Crippen LogP contribution in [-0.2, 0) is 24.7 Å². The van der Waals surface area contributed by atoms with Gasteiger partial charge in [0.25, 0.3) is 10.1 Å². The highest BCUT2D eigenvalue weighted by Gasteiger charge is 2.29. The monoisotopic (exact) mass is 440 g/mol. The van der Waals surface area contributed by atoms with Crippen LogP contribution in [0, 0.1) is 0 Å². The van der Waals surface area contributed by atoms with Gasteiger partial charge in [0.05, 0.1) is 38.8 Å². The van der Waals surface area contributed by atoms with E-state index in [1.807, 2.05) is 6.92 Å². The minimum absolute atomic E-state index is 0.0374. The molecule has 11 heteroatoms. The van der Waals surface area contributed by atoms with E-state index in [1.165, 1.54) is 7.11 Å². The standard InChI is InChI=1S/C16H24O6S.CH4O3S/c1-4-7-21-16-14(20-2)8-11(9-15(16)23(3,18)19)13-6-5-12(10-17)22-13;1-5(2,3)4/h8-9,12-13,17H,4-7,10H2,1-3H3;1H3,(H,2,3,4). The lowest BCUT2D eigenvalue weighted by Gasteiger charge is -2.19. The second-order valence-electron chi connectivity index (χ2n) is 6.41. The van der Waals surface area contributed by atoms with Crippen LogP contribution in [0.15, 0.2) is 17.0 Å². The van der Waals surface area contributed by atoms with Gasteiger partial charge in [0, 0.05) is 6.26 Å². The highest BCUT2D eigenvalue weighted by Crippen LogP contribution is 2.41. The van der Waals surface area contributed by atoms with Crippen LogP contribution in [0.25, 0.3) is 0 Å². The van der Waals surface area contributed by atoms with Crippen molar-refractivity contribution in [3.8, 4) is 11.5 Å². The van der Waals surface area contributed by atoms with Gasteiger partial charge in [-0.05, 0) is 37.0 Å². The first-order valence-corrected chi connectivity index (χ1v) is 12.4. The van der Waals surface area contributed by atoms with E-state index in [2.05, 4.69) is 0 Å². The molecular weight excluding hydrogens is 412 g/mol. The zero-order valence-corrected chi connectivity index (χ0v) is 18.0. The van der Waals surface area contributed by atoms with E-state index in [0.717, 1.165) is 31.1 Å². The van der Waals surface area contributed by atoms with Crippen molar-refractivity contribution >= 4 is 20.0 Å². The van der Waals surface area contributed by atoms with Crippen molar-refractivity contribution < 1.29 is 40.7 Å². The van der Waals surface area contributed by atoms with Gasteiger partial charge < -0.3 is 19.3 Å². The predicted molar refractivity (Wildman–Crippen MR) is 103 cm³/mol. The van der Waals surface area contributed by atoms with E-state index in [1.54, 1.807) is 12.1 Å². The van der Waals surface area contributed by atoms with Gasteiger partial charge in [-0.15, -0.1) is 0 Å². The van der Waals surface area contributed by atoms with Crippen LogP contribution in [0.1, 0.15) is 37.9 Å². The first kappa shape index (κ1) is 24.6. The molecule has 1 saturated heterocycles. The summed E-state index contributed by atoms with van der Waals surface area (Å²) >= 11 is 0. The molecule has 0 saturated carbocycles. The minimum atomic E-state index is -3.67. The molecule has 1 heterocycles. The van der Waals surface area contributed by atoms with E-state index < -0.39 is 20.0 Å². The molecule has 1 fully saturated rings. The summed E-state index contributed by atoms with van der Waals surface area (Å²) in [6.45, 7) is 2.32. The molecule has 28 heavy (non-hydrogen) atoms. The Kier molecular flexibility index (Phi) is 9.15. The molecule has 0 aromatic heterocycles. The molecule has 1 aliphatic heterocycles. The first-order chi connectivity index (χ1) is 12.9. The maximum Gasteiger partial charge on any atom is 0.261 e. The normalized spacial score (nSPS) is 19.6. The van der Waals surface area contributed by atoms with Gasteiger partial charge in [0.1, 0.15) is 4.90 Å². The molecule has 2 atom stereocenters. The van der Waals surface area contributed by atoms with Crippen molar-refractivity contribution in [1.29, 1.82) is 0 Å². The van der Waals surface area contributed by atoms with Crippen LogP contribution < -0.4 is 9.47 Å². The van der Waals surface area contributed by atoms with Crippen molar-refractivity contribution in [2.75, 3.05) is 32.8 Å². The van der Waals surface area contributed by atoms with E-state index >= 15 is 0 Å². The third-order valence-corrected chi connectivity index (χ3v) is 4.90. The smallest absolute Gasteiger partial charge is 0.261 e. The number of hydrogen-bond acceptors (Lipinski definition) is 8. The lowest BCUT2D eigenvalue weighted by atomic mass is 10.1. The van der Waals surface area contributed by atoms with Crippen molar-refractivity contribution in [1.82, 2.24) is 0 Å². The van der Waals surface area contributed by atoms with E-state index in [0.29, 0.717) is 18.6 Å². The Morgan fingerprint density at radius 3 is 2.21 bits per heavy atom. The summed E-state index contributed by atoms with van der Waals surface area (Å²) in [6.07, 6.45) is 3.64. The van der Waals surface area contributed by atoms with Gasteiger partial charge in [-0.3, -0.25) is 4.55 Å². The fraction of sp³-hybridized carbons (Fsp3) is 0.647. The molecule has 2 unspecified atom stereocenters. The van der Waals surface area contributed by atoms with E-state index in [4.69, 9.17) is 18.8 Å². The summed E-state index contributed by atoms with van der Waals surface area (Å²) in [5.74, 6) is 0.629. The Morgan fingerprint density at radius 1 is 1.18 bits per heavy atom. The Morgan fingerprint density at radius 2 is 1.79 bits per heavy atom. The summed E-state index contributed by atoms with van der Waals surface area (Å²) < 4.78 is 66.9. The largest absolute Gasteiger partial charge is 0.493 e. The van der Waals surface area contributed by atoms with Gasteiger partial charge in [-0.2, -0.15) is 8.42 Å². The fourth-order valence-corrected chi connectivity index (χ4v) is 3.49. The molecule has 2 rings (SSSR count). The van der Waals surface area contributed by atoms with Crippen LogP contribution in [0.4, 0.5) is 0 Å². The van der Waals surface area contributed by atoms with Gasteiger partial charge in [0.15, 0.2) is 21.3 Å². The predicted octanol–water partition coefficient (Wildman–Crippen LogP) is 1.60. The lowest BCUT2D eigenvalue weighted by molar-refractivity contribution is 0.0108. The molecule has 0 radical (unpaired) electrons. The first-order valence-electron chi connectivity index (χ1n) is 8.64. The molecule has 2 N–H and O–H groups in total. The molecule has 9 nitrogen and oxygen atoms in total. The SMILES string of the molecule is CCCOc1c(OC)cc(C2CCC(CO)O2)cc1S(C)(=O)=O.CS(=O)(=O)O. The summed E-state index contributed by atoms with van der Waals surface area (Å²) in [4.78, 5) is 0.108. The summed E-state index contributed by atoms with van der Waals surface area (Å²) in [5, 5.41) is 9.19. The van der Waals surface area contributed by atoms with Gasteiger partial charge in [0.2, 0.25) is 0 Å². The number of sulfone groups is 1. The Balaban J connectivity index is 0.000000696. The molecule has 0 aliphatic carbocycles. The highest BCUT2D eigenvalue weighted by molar-refractivity contribution is 7.90. The molecule has 0 spiro atoms. The Hall–Kier alpha value is -1.40. The Labute approximate surface area is 166 Å². The minimum Gasteiger partial charge on any atom is -0.493 e. The number of hydrogen-bond donors (Lipinski definition) is 2. The van der Waals surface area contributed by atoms with Crippen LogP contribution in [-0.4, -0.2) is 65.4 Å². The van der Waals surface area contributed by atoms with Crippen molar-refractivity contribution in [2.45, 2.75) is 43.3 Å². The number of rotatable bonds is 7. The lowest BCUT2D eigenvalue weighted by Crippen LogP contribution is -2.12. The quantitative estimate of drug-likeness (QED) is 0.606. The van der Waals surface area contributed by atoms with Crippen LogP contribution >= 0.6 is 0 Å². The van der Waals surface area contributed by atoms with Crippen molar-refractivity contribution in [2.24, 2.45) is 0 Å². The summed E-state index contributed by atoms with van der Waals surface area (Å²) in [5.41, 5.74) is 0.724. The van der Waals surface area contributed by atoms with Crippen LogP contribution in [0.3, 0.4) is 0 Å². The number of ether oxygens (including phenoxy) is 3. The van der Waals surface area contributed by atoms with Crippen molar-refractivity contribution in [3.05, 3.63) is 17.7 Å². The zero-order chi connectivity index (χ0) is 21.5. The third-order valence-electron chi connectivity index (χ3n) is 3.80. The maximum atomic E-state index is 12.2. The van der Waals surface area contributed by atoms with Crippen molar-refractivity contribution in [3.63, 3.8) is 0 Å². The second kappa shape index (κ2) is 10.4. The number of benzene rings is 1. The maximum absolute atomic E-state index is 12.2. The molecule has 1 aromatic rings. The molecule has 0 amide bonds. The molecule has 0 bridgehead atoms. The average Bonchev–Trinajstić information content (AvgIpc) is 3.06. The second-order valence-corrected chi connectivity index (χ2v) is 9.86. The molecule has 1 aromatic carbocycles. The van der Waals surface area contributed by atoms with E-state index in [-0.39, 0.29) is 29.5 Å². The fourth-order valence-electron chi connectivity index (χ4n) is 2.64. The summed E-state index contributed by atoms with van der Waals surface area (Å²) in [7, 11) is -5.66. The van der Waals surface area contributed by atoms with Gasteiger partial charge >= 0.3 is 0 Å². The zero-order valence-electron chi connectivity index (χ0n) is 16.4.